The number of carboxylic acids is 1. The molecule has 1 heterocycles. The summed E-state index contributed by atoms with van der Waals surface area (Å²) in [6.45, 7) is 0.439. The van der Waals surface area contributed by atoms with Gasteiger partial charge in [-0.15, -0.1) is 0 Å². The van der Waals surface area contributed by atoms with Crippen molar-refractivity contribution in [2.24, 2.45) is 7.05 Å². The van der Waals surface area contributed by atoms with Crippen LogP contribution in [-0.2, 0) is 27.8 Å². The van der Waals surface area contributed by atoms with Crippen LogP contribution in [0.5, 0.6) is 0 Å². The number of amides is 2. The molecule has 2 aromatic carbocycles. The molecule has 9 nitrogen and oxygen atoms in total. The Bertz CT molecular complexity index is 1180. The summed E-state index contributed by atoms with van der Waals surface area (Å²) in [4.78, 5) is 36.4. The molecule has 3 aromatic rings. The van der Waals surface area contributed by atoms with Gasteiger partial charge in [0.2, 0.25) is 5.91 Å². The highest BCUT2D eigenvalue weighted by atomic mass is 16.5. The van der Waals surface area contributed by atoms with Gasteiger partial charge in [0.1, 0.15) is 12.6 Å². The van der Waals surface area contributed by atoms with Crippen LogP contribution in [0.15, 0.2) is 60.9 Å². The summed E-state index contributed by atoms with van der Waals surface area (Å²) >= 11 is 0. The van der Waals surface area contributed by atoms with Gasteiger partial charge in [0.05, 0.1) is 6.20 Å². The largest absolute Gasteiger partial charge is 0.481 e. The lowest BCUT2D eigenvalue weighted by Gasteiger charge is -2.19. The zero-order valence-corrected chi connectivity index (χ0v) is 19.4. The number of aromatic nitrogens is 2. The third-order valence-corrected chi connectivity index (χ3v) is 6.07. The number of nitrogens with zero attached hydrogens (tertiary/aromatic N) is 2. The fourth-order valence-electron chi connectivity index (χ4n) is 4.37. The smallest absolute Gasteiger partial charge is 0.407 e. The van der Waals surface area contributed by atoms with Gasteiger partial charge < -0.3 is 20.5 Å². The highest BCUT2D eigenvalue weighted by Crippen LogP contribution is 2.44. The Balaban J connectivity index is 1.35. The van der Waals surface area contributed by atoms with Crippen molar-refractivity contribution in [3.05, 3.63) is 77.6 Å². The molecule has 9 heteroatoms. The molecular formula is C26H28N4O5. The van der Waals surface area contributed by atoms with Crippen LogP contribution >= 0.6 is 0 Å². The molecule has 4 rings (SSSR count). The van der Waals surface area contributed by atoms with Gasteiger partial charge in [0, 0.05) is 32.1 Å². The standard InChI is InChI=1S/C26H28N4O5/c1-30-15-17(14-28-30)12-13-27-25(33)23(10-11-24(31)32)29-26(34)35-16-22-20-8-4-2-6-18(20)19-7-3-5-9-21(19)22/h2-9,14-15,22-23H,10-13,16H2,1H3,(H,27,33)(H,29,34)(H,31,32). The minimum atomic E-state index is -1.05. The van der Waals surface area contributed by atoms with E-state index in [0.29, 0.717) is 13.0 Å². The van der Waals surface area contributed by atoms with Crippen molar-refractivity contribution >= 4 is 18.0 Å². The molecule has 1 aliphatic rings. The van der Waals surface area contributed by atoms with Gasteiger partial charge in [0.15, 0.2) is 0 Å². The predicted molar refractivity (Wildman–Crippen MR) is 129 cm³/mol. The minimum Gasteiger partial charge on any atom is -0.481 e. The molecule has 35 heavy (non-hydrogen) atoms. The summed E-state index contributed by atoms with van der Waals surface area (Å²) in [6.07, 6.45) is 3.06. The van der Waals surface area contributed by atoms with Crippen LogP contribution in [0.1, 0.15) is 35.4 Å². The number of fused-ring (bicyclic) bond motifs is 3. The zero-order chi connectivity index (χ0) is 24.8. The van der Waals surface area contributed by atoms with Crippen molar-refractivity contribution in [2.75, 3.05) is 13.2 Å². The number of hydrogen-bond donors (Lipinski definition) is 3. The zero-order valence-electron chi connectivity index (χ0n) is 19.4. The normalized spacial score (nSPS) is 12.9. The molecule has 1 aromatic heterocycles. The average molecular weight is 477 g/mol. The van der Waals surface area contributed by atoms with E-state index in [9.17, 15) is 14.4 Å². The molecule has 1 atom stereocenters. The van der Waals surface area contributed by atoms with Gasteiger partial charge >= 0.3 is 12.1 Å². The first-order valence-electron chi connectivity index (χ1n) is 11.5. The number of carboxylic acid groups (broad SMARTS) is 1. The van der Waals surface area contributed by atoms with Crippen molar-refractivity contribution in [3.63, 3.8) is 0 Å². The number of hydrogen-bond acceptors (Lipinski definition) is 5. The fourth-order valence-corrected chi connectivity index (χ4v) is 4.37. The molecule has 2 amide bonds. The Morgan fingerprint density at radius 3 is 2.34 bits per heavy atom. The van der Waals surface area contributed by atoms with E-state index in [-0.39, 0.29) is 25.4 Å². The van der Waals surface area contributed by atoms with Crippen molar-refractivity contribution in [1.82, 2.24) is 20.4 Å². The molecule has 1 aliphatic carbocycles. The maximum absolute atomic E-state index is 12.7. The third-order valence-electron chi connectivity index (χ3n) is 6.07. The van der Waals surface area contributed by atoms with Crippen LogP contribution in [0, 0.1) is 0 Å². The second-order valence-corrected chi connectivity index (χ2v) is 8.52. The molecule has 0 saturated carbocycles. The van der Waals surface area contributed by atoms with E-state index in [1.165, 1.54) is 0 Å². The van der Waals surface area contributed by atoms with Gasteiger partial charge in [-0.25, -0.2) is 4.79 Å². The fraction of sp³-hybridized carbons (Fsp3) is 0.308. The number of nitrogens with one attached hydrogen (secondary N) is 2. The van der Waals surface area contributed by atoms with Crippen LogP contribution in [0.3, 0.4) is 0 Å². The lowest BCUT2D eigenvalue weighted by molar-refractivity contribution is -0.137. The topological polar surface area (TPSA) is 123 Å². The lowest BCUT2D eigenvalue weighted by Crippen LogP contribution is -2.47. The molecular weight excluding hydrogens is 448 g/mol. The number of ether oxygens (including phenoxy) is 1. The van der Waals surface area contributed by atoms with Crippen molar-refractivity contribution in [2.45, 2.75) is 31.2 Å². The molecule has 182 valence electrons. The Hall–Kier alpha value is -4.14. The Morgan fingerprint density at radius 1 is 1.09 bits per heavy atom. The number of rotatable bonds is 10. The summed E-state index contributed by atoms with van der Waals surface area (Å²) in [5.74, 6) is -1.62. The number of alkyl carbamates (subject to hydrolysis) is 1. The second kappa shape index (κ2) is 10.9. The molecule has 0 fully saturated rings. The van der Waals surface area contributed by atoms with E-state index >= 15 is 0 Å². The highest BCUT2D eigenvalue weighted by molar-refractivity contribution is 5.86. The summed E-state index contributed by atoms with van der Waals surface area (Å²) in [5.41, 5.74) is 5.35. The second-order valence-electron chi connectivity index (χ2n) is 8.52. The quantitative estimate of drug-likeness (QED) is 0.414. The Morgan fingerprint density at radius 2 is 1.74 bits per heavy atom. The van der Waals surface area contributed by atoms with Gasteiger partial charge in [-0.1, -0.05) is 48.5 Å². The van der Waals surface area contributed by atoms with Crippen LogP contribution in [-0.4, -0.2) is 52.1 Å². The predicted octanol–water partition coefficient (Wildman–Crippen LogP) is 2.85. The first-order chi connectivity index (χ1) is 16.9. The third kappa shape index (κ3) is 5.87. The highest BCUT2D eigenvalue weighted by Gasteiger charge is 2.30. The van der Waals surface area contributed by atoms with Gasteiger partial charge in [-0.3, -0.25) is 14.3 Å². The van der Waals surface area contributed by atoms with Gasteiger partial charge in [-0.2, -0.15) is 5.10 Å². The van der Waals surface area contributed by atoms with Crippen molar-refractivity contribution in [3.8, 4) is 11.1 Å². The molecule has 0 spiro atoms. The maximum atomic E-state index is 12.7. The van der Waals surface area contributed by atoms with Crippen LogP contribution < -0.4 is 10.6 Å². The lowest BCUT2D eigenvalue weighted by atomic mass is 9.98. The monoisotopic (exact) mass is 476 g/mol. The first-order valence-corrected chi connectivity index (χ1v) is 11.5. The molecule has 0 radical (unpaired) electrons. The number of carbonyl (C=O) groups is 3. The van der Waals surface area contributed by atoms with Crippen LogP contribution in [0.2, 0.25) is 0 Å². The molecule has 3 N–H and O–H groups in total. The molecule has 0 aliphatic heterocycles. The Kier molecular flexibility index (Phi) is 7.45. The van der Waals surface area contributed by atoms with Crippen LogP contribution in [0.25, 0.3) is 11.1 Å². The summed E-state index contributed by atoms with van der Waals surface area (Å²) in [5, 5.41) is 18.4. The van der Waals surface area contributed by atoms with E-state index in [4.69, 9.17) is 9.84 Å². The molecule has 0 saturated heterocycles. The van der Waals surface area contributed by atoms with E-state index < -0.39 is 24.0 Å². The Labute approximate surface area is 203 Å². The number of benzene rings is 2. The maximum Gasteiger partial charge on any atom is 0.407 e. The van der Waals surface area contributed by atoms with Crippen molar-refractivity contribution < 1.29 is 24.2 Å². The van der Waals surface area contributed by atoms with Gasteiger partial charge in [-0.05, 0) is 40.7 Å². The van der Waals surface area contributed by atoms with E-state index in [1.807, 2.05) is 61.8 Å². The van der Waals surface area contributed by atoms with E-state index in [1.54, 1.807) is 10.9 Å². The van der Waals surface area contributed by atoms with E-state index in [0.717, 1.165) is 27.8 Å². The number of aryl methyl sites for hydroxylation is 1. The van der Waals surface area contributed by atoms with Crippen LogP contribution in [0.4, 0.5) is 4.79 Å². The number of carbonyl (C=O) groups excluding carboxylic acids is 2. The van der Waals surface area contributed by atoms with E-state index in [2.05, 4.69) is 15.7 Å². The SMILES string of the molecule is Cn1cc(CCNC(=O)C(CCC(=O)O)NC(=O)OCC2c3ccccc3-c3ccccc32)cn1. The molecule has 1 unspecified atom stereocenters. The number of aliphatic carboxylic acids is 1. The molecule has 0 bridgehead atoms. The summed E-state index contributed by atoms with van der Waals surface area (Å²) < 4.78 is 7.19. The van der Waals surface area contributed by atoms with Gasteiger partial charge in [0.25, 0.3) is 0 Å². The summed E-state index contributed by atoms with van der Waals surface area (Å²) in [7, 11) is 1.81. The van der Waals surface area contributed by atoms with Crippen molar-refractivity contribution in [1.29, 1.82) is 0 Å². The minimum absolute atomic E-state index is 0.0434. The summed E-state index contributed by atoms with van der Waals surface area (Å²) in [6, 6.07) is 15.0. The first kappa shape index (κ1) is 24.0. The average Bonchev–Trinajstić information content (AvgIpc) is 3.41.